The summed E-state index contributed by atoms with van der Waals surface area (Å²) in [6, 6.07) is 82.9. The number of para-hydroxylation sites is 1. The fourth-order valence-electron chi connectivity index (χ4n) is 15.8. The smallest absolute Gasteiger partial charge is 0.272 e. The number of carbonyl (C=O) groups is 5. The van der Waals surface area contributed by atoms with Crippen molar-refractivity contribution in [3.8, 4) is 28.5 Å². The molecule has 0 saturated heterocycles. The number of fused-ring (bicyclic) bond motifs is 7. The minimum absolute atomic E-state index is 0.0240. The number of hydrogen-bond donors (Lipinski definition) is 13. The fourth-order valence-corrected chi connectivity index (χ4v) is 18.3. The lowest BCUT2D eigenvalue weighted by Gasteiger charge is -2.13. The first-order valence-corrected chi connectivity index (χ1v) is 51.2. The molecular weight excluding hydrogens is 2010 g/mol. The molecule has 0 radical (unpaired) electrons. The number of halogens is 6. The molecule has 5 atom stereocenters. The number of sulfonamides is 2. The normalized spacial score (nSPS) is 12.3. The van der Waals surface area contributed by atoms with Crippen molar-refractivity contribution < 1.29 is 58.8 Å². The van der Waals surface area contributed by atoms with Crippen LogP contribution in [0.15, 0.2) is 326 Å². The molecule has 0 spiro atoms. The third kappa shape index (κ3) is 26.8. The van der Waals surface area contributed by atoms with Gasteiger partial charge >= 0.3 is 0 Å². The molecule has 21 aromatic rings. The Bertz CT molecular complexity index is 8460. The second-order valence-electron chi connectivity index (χ2n) is 34.7. The number of aryl methyl sites for hydroxylation is 1. The highest BCUT2D eigenvalue weighted by atomic mass is 35.5. The number of benzene rings is 11. The van der Waals surface area contributed by atoms with E-state index in [0.29, 0.717) is 88.7 Å². The largest absolute Gasteiger partial charge is 0.497 e. The predicted octanol–water partition coefficient (Wildman–Crippen LogP) is 23.0. The summed E-state index contributed by atoms with van der Waals surface area (Å²) in [4.78, 5) is 89.2. The lowest BCUT2D eigenvalue weighted by atomic mass is 10.1. The maximum absolute atomic E-state index is 13.3. The molecule has 39 heteroatoms. The van der Waals surface area contributed by atoms with E-state index in [1.54, 1.807) is 122 Å². The number of ether oxygens (including phenoxy) is 1. The third-order valence-electron chi connectivity index (χ3n) is 23.6. The van der Waals surface area contributed by atoms with Crippen molar-refractivity contribution in [2.24, 2.45) is 0 Å². The monoisotopic (exact) mass is 2100 g/mol. The number of nitrogens with one attached hydrogen (secondary N) is 13. The van der Waals surface area contributed by atoms with Crippen LogP contribution in [0.25, 0.3) is 99.0 Å². The first-order chi connectivity index (χ1) is 71.0. The third-order valence-corrected chi connectivity index (χ3v) is 26.8. The summed E-state index contributed by atoms with van der Waals surface area (Å²) in [5.74, 6) is -0.261. The molecule has 13 N–H and O–H groups in total. The first kappa shape index (κ1) is 104. The van der Waals surface area contributed by atoms with E-state index in [2.05, 4.69) is 91.3 Å². The molecule has 0 fully saturated rings. The summed E-state index contributed by atoms with van der Waals surface area (Å²) in [6.07, 6.45) is 10.7. The van der Waals surface area contributed by atoms with E-state index in [4.69, 9.17) is 55.7 Å². The summed E-state index contributed by atoms with van der Waals surface area (Å²) in [5.41, 5.74) is 14.0. The van der Waals surface area contributed by atoms with Crippen molar-refractivity contribution in [1.82, 2.24) is 95.3 Å². The van der Waals surface area contributed by atoms with Gasteiger partial charge in [0.1, 0.15) is 56.9 Å². The zero-order chi connectivity index (χ0) is 105. The van der Waals surface area contributed by atoms with Crippen molar-refractivity contribution in [2.75, 3.05) is 25.2 Å². The molecule has 10 aromatic heterocycles. The van der Waals surface area contributed by atoms with E-state index in [-0.39, 0.29) is 71.1 Å². The second-order valence-corrected chi connectivity index (χ2v) is 39.9. The lowest BCUT2D eigenvalue weighted by Crippen LogP contribution is -2.36. The maximum atomic E-state index is 13.3. The van der Waals surface area contributed by atoms with Crippen LogP contribution in [-0.2, 0) is 20.0 Å². The van der Waals surface area contributed by atoms with E-state index >= 15 is 0 Å². The Morgan fingerprint density at radius 1 is 0.432 bits per heavy atom. The molecule has 0 aliphatic heterocycles. The lowest BCUT2D eigenvalue weighted by molar-refractivity contribution is 0.0921. The quantitative estimate of drug-likeness (QED) is 0.0253. The highest BCUT2D eigenvalue weighted by Gasteiger charge is 2.26. The van der Waals surface area contributed by atoms with E-state index in [1.807, 2.05) is 216 Å². The van der Waals surface area contributed by atoms with Gasteiger partial charge in [-0.3, -0.25) is 29.0 Å². The van der Waals surface area contributed by atoms with E-state index in [1.165, 1.54) is 36.4 Å². The molecule has 0 aliphatic carbocycles. The Labute approximate surface area is 867 Å². The summed E-state index contributed by atoms with van der Waals surface area (Å²) in [5, 5.41) is 36.5. The number of nitrogens with zero attached hydrogens (tertiary/aromatic N) is 7. The van der Waals surface area contributed by atoms with Crippen LogP contribution in [-0.4, -0.2) is 137 Å². The van der Waals surface area contributed by atoms with Gasteiger partial charge in [0, 0.05) is 168 Å². The van der Waals surface area contributed by atoms with Gasteiger partial charge < -0.3 is 65.7 Å². The van der Waals surface area contributed by atoms with Crippen LogP contribution in [0.4, 0.5) is 14.5 Å². The van der Waals surface area contributed by atoms with Gasteiger partial charge in [-0.1, -0.05) is 149 Å². The van der Waals surface area contributed by atoms with E-state index in [0.717, 1.165) is 111 Å². The summed E-state index contributed by atoms with van der Waals surface area (Å²) in [7, 11) is -5.29. The van der Waals surface area contributed by atoms with Crippen LogP contribution in [0.2, 0.25) is 20.1 Å². The number of methoxy groups -OCH3 is 1. The predicted molar refractivity (Wildman–Crippen MR) is 575 cm³/mol. The molecule has 0 saturated carbocycles. The standard InChI is InChI=1S/C21H19ClN4O2.C20H17ClN4O.C19H15ClN4O2.C19H14FN3O.C16H15FN2O2S.C14H18ClN3O3S/c1-13(15-11-23-26(12-15)17-4-3-5-18(10-17)28-2)24-21(27)20-9-14-8-16(22)6-7-19(14)25-20;1-13(15-11-22-25(12-15)17-5-3-2-4-6-17)23-20(26)19-10-14-9-16(21)7-8-18(14)24-19;1-11(19-23-17(24-26-19)12-5-3-2-4-6-12)21-18(25)16-10-13-9-14(20)7-8-15(13)22-16;1-11-14-3-2-4-17(15(14)7-8-21-11)23-19(24)18-10-12-9-13(20)5-6-16(12)22-18;1-11(12-5-3-2-4-6-12)19-22(20,21)16-10-13-9-14(17)7-8-15(13)18-16;1-9(5-6-16-22(2,20)21)17-14(19)13-8-10-7-11(15)3-4-12(10)18-13/h3-13,25H,1-2H3,(H,24,27);2-13,24H,1H3,(H,23,26);2-11,22H,1H3,(H,21,25);2-10,22H,1H3,(H,23,24);2-11,18-19H,1H3;3-4,7-9,16,18H,5-6H2,1-2H3,(H,17,19)/t;;;;11-;/m....0./s1. The van der Waals surface area contributed by atoms with Crippen molar-refractivity contribution >= 4 is 178 Å². The molecule has 4 unspecified atom stereocenters. The number of hydrogen-bond acceptors (Lipinski definition) is 16. The summed E-state index contributed by atoms with van der Waals surface area (Å²) in [6.45, 7) is 11.5. The van der Waals surface area contributed by atoms with Crippen LogP contribution < -0.4 is 40.8 Å². The summed E-state index contributed by atoms with van der Waals surface area (Å²) >= 11 is 23.9. The number of aromatic amines is 6. The number of carbonyl (C=O) groups excluding carboxylic acids is 5. The zero-order valence-electron chi connectivity index (χ0n) is 80.5. The van der Waals surface area contributed by atoms with Crippen LogP contribution in [0.3, 0.4) is 0 Å². The average Bonchev–Trinajstić information content (AvgIpc) is 1.58. The highest BCUT2D eigenvalue weighted by Crippen LogP contribution is 2.32. The van der Waals surface area contributed by atoms with Crippen LogP contribution >= 0.6 is 46.4 Å². The van der Waals surface area contributed by atoms with Gasteiger partial charge in [-0.15, -0.1) is 0 Å². The molecule has 31 nitrogen and oxygen atoms in total. The number of anilines is 1. The number of aromatic nitrogens is 13. The minimum Gasteiger partial charge on any atom is -0.497 e. The fraction of sp³-hybridized carbons (Fsp3) is 0.138. The Kier molecular flexibility index (Phi) is 33.0. The first-order valence-electron chi connectivity index (χ1n) is 46.3. The number of rotatable bonds is 25. The van der Waals surface area contributed by atoms with Crippen molar-refractivity contribution in [1.29, 1.82) is 0 Å². The molecule has 0 aliphatic rings. The molecule has 21 rings (SSSR count). The molecule has 754 valence electrons. The number of pyridine rings is 1. The number of amides is 5. The SMILES string of the molecule is CC(CCNS(C)(=O)=O)NC(=O)c1cc2cc(Cl)ccc2[nH]1.CC(NC(=O)c1cc2cc(Cl)ccc2[nH]1)c1cnn(-c2ccccc2)c1.CC(NC(=O)c1cc2cc(Cl)ccc2[nH]1)c1nc(-c2ccccc2)no1.COc1cccc(-n2cc(C(C)NC(=O)c3cc4cc(Cl)ccc4[nH]3)cn2)c1.C[C@H](NS(=O)(=O)c1cc2cc(F)ccc2[nH]1)c1ccccc1.Cc1nccc2c(NC(=O)c3cc4cc(F)ccc4[nH]3)cccc12. The average molecular weight is 2110 g/mol. The van der Waals surface area contributed by atoms with Gasteiger partial charge in [-0.25, -0.2) is 44.4 Å². The zero-order valence-corrected chi connectivity index (χ0v) is 85.2. The van der Waals surface area contributed by atoms with E-state index < -0.39 is 31.9 Å². The Morgan fingerprint density at radius 2 is 0.858 bits per heavy atom. The van der Waals surface area contributed by atoms with Gasteiger partial charge in [-0.05, 0) is 236 Å². The molecule has 148 heavy (non-hydrogen) atoms. The van der Waals surface area contributed by atoms with Crippen molar-refractivity contribution in [2.45, 2.75) is 83.2 Å². The Morgan fingerprint density at radius 3 is 1.35 bits per heavy atom. The van der Waals surface area contributed by atoms with Crippen LogP contribution in [0.1, 0.15) is 146 Å². The topological polar surface area (TPSA) is 429 Å². The Balaban J connectivity index is 0.000000127. The van der Waals surface area contributed by atoms with Gasteiger partial charge in [0.05, 0.1) is 49.2 Å². The van der Waals surface area contributed by atoms with E-state index in [9.17, 15) is 49.6 Å². The van der Waals surface area contributed by atoms with Crippen molar-refractivity contribution in [3.05, 3.63) is 405 Å². The summed E-state index contributed by atoms with van der Waals surface area (Å²) < 4.78 is 92.4. The molecule has 5 amide bonds. The highest BCUT2D eigenvalue weighted by molar-refractivity contribution is 7.89. The van der Waals surface area contributed by atoms with Crippen LogP contribution in [0.5, 0.6) is 5.75 Å². The molecular formula is C109H98Cl4F2N20O11S2. The van der Waals surface area contributed by atoms with Gasteiger partial charge in [0.15, 0.2) is 0 Å². The van der Waals surface area contributed by atoms with Crippen LogP contribution in [0, 0.1) is 18.6 Å². The van der Waals surface area contributed by atoms with Crippen molar-refractivity contribution in [3.63, 3.8) is 0 Å². The number of H-pyrrole nitrogens is 6. The molecule has 0 bridgehead atoms. The minimum atomic E-state index is -3.71. The molecule has 11 aromatic carbocycles. The van der Waals surface area contributed by atoms with Gasteiger partial charge in [0.2, 0.25) is 21.7 Å². The van der Waals surface area contributed by atoms with Gasteiger partial charge in [-0.2, -0.15) is 15.2 Å². The Hall–Kier alpha value is -16.4. The van der Waals surface area contributed by atoms with Gasteiger partial charge in [0.25, 0.3) is 39.6 Å². The second kappa shape index (κ2) is 46.8. The maximum Gasteiger partial charge on any atom is 0.272 e. The molecule has 10 heterocycles.